The molecule has 2 aromatic carbocycles. The molecule has 1 aromatic heterocycles. The van der Waals surface area contributed by atoms with Crippen molar-refractivity contribution < 1.29 is 14.3 Å². The first kappa shape index (κ1) is 24.8. The highest BCUT2D eigenvalue weighted by molar-refractivity contribution is 6.10. The van der Waals surface area contributed by atoms with Crippen LogP contribution in [-0.2, 0) is 13.1 Å². The number of anilines is 1. The molecule has 2 N–H and O–H groups in total. The number of aromatic nitrogens is 2. The second-order valence-corrected chi connectivity index (χ2v) is 8.16. The zero-order chi connectivity index (χ0) is 24.8. The highest BCUT2D eigenvalue weighted by atomic mass is 16.5. The summed E-state index contributed by atoms with van der Waals surface area (Å²) in [7, 11) is 3.09. The molecular weight excluding hydrogens is 430 g/mol. The number of nitrogens with zero attached hydrogens (tertiary/aromatic N) is 3. The van der Waals surface area contributed by atoms with E-state index in [-0.39, 0.29) is 5.91 Å². The fourth-order valence-electron chi connectivity index (χ4n) is 3.88. The Morgan fingerprint density at radius 2 is 1.68 bits per heavy atom. The van der Waals surface area contributed by atoms with Crippen LogP contribution in [0, 0.1) is 27.7 Å². The van der Waals surface area contributed by atoms with Crippen molar-refractivity contribution in [2.45, 2.75) is 47.7 Å². The van der Waals surface area contributed by atoms with Gasteiger partial charge >= 0.3 is 0 Å². The minimum Gasteiger partial charge on any atom is -0.493 e. The zero-order valence-corrected chi connectivity index (χ0v) is 20.9. The van der Waals surface area contributed by atoms with Crippen molar-refractivity contribution in [3.63, 3.8) is 0 Å². The lowest BCUT2D eigenvalue weighted by atomic mass is 10.1. The maximum Gasteiger partial charge on any atom is 0.258 e. The van der Waals surface area contributed by atoms with Gasteiger partial charge in [0.2, 0.25) is 5.96 Å². The molecule has 3 aromatic rings. The van der Waals surface area contributed by atoms with Crippen LogP contribution in [0.25, 0.3) is 0 Å². The van der Waals surface area contributed by atoms with Gasteiger partial charge in [-0.1, -0.05) is 6.07 Å². The maximum absolute atomic E-state index is 13.1. The van der Waals surface area contributed by atoms with Gasteiger partial charge in [0.05, 0.1) is 26.5 Å². The second-order valence-electron chi connectivity index (χ2n) is 8.16. The Balaban J connectivity index is 1.92. The van der Waals surface area contributed by atoms with Crippen LogP contribution < -0.4 is 20.1 Å². The van der Waals surface area contributed by atoms with Gasteiger partial charge in [0.15, 0.2) is 11.5 Å². The van der Waals surface area contributed by atoms with Crippen molar-refractivity contribution in [1.29, 1.82) is 0 Å². The quantitative estimate of drug-likeness (QED) is 0.396. The molecule has 8 heteroatoms. The molecule has 1 amide bonds. The summed E-state index contributed by atoms with van der Waals surface area (Å²) in [6.45, 7) is 11.3. The minimum absolute atomic E-state index is 0.311. The number of carbonyl (C=O) groups is 1. The first-order valence-electron chi connectivity index (χ1n) is 11.2. The number of hydrogen-bond donors (Lipinski definition) is 2. The number of rotatable bonds is 7. The molecule has 8 nitrogen and oxygen atoms in total. The molecule has 1 heterocycles. The third kappa shape index (κ3) is 5.75. The number of aliphatic imine (C=N–C) groups is 1. The Kier molecular flexibility index (Phi) is 7.94. The summed E-state index contributed by atoms with van der Waals surface area (Å²) in [6, 6.07) is 11.1. The van der Waals surface area contributed by atoms with E-state index in [0.29, 0.717) is 29.6 Å². The lowest BCUT2D eigenvalue weighted by Gasteiger charge is -2.14. The predicted molar refractivity (Wildman–Crippen MR) is 135 cm³/mol. The molecule has 0 bridgehead atoms. The van der Waals surface area contributed by atoms with Gasteiger partial charge in [0, 0.05) is 29.1 Å². The van der Waals surface area contributed by atoms with E-state index in [1.54, 1.807) is 25.3 Å². The monoisotopic (exact) mass is 463 g/mol. The molecule has 0 aliphatic carbocycles. The number of methoxy groups -OCH3 is 2. The highest BCUT2D eigenvalue weighted by Gasteiger charge is 2.15. The van der Waals surface area contributed by atoms with Crippen LogP contribution >= 0.6 is 0 Å². The van der Waals surface area contributed by atoms with Gasteiger partial charge in [0.1, 0.15) is 0 Å². The van der Waals surface area contributed by atoms with Crippen LogP contribution in [0.2, 0.25) is 0 Å². The van der Waals surface area contributed by atoms with Crippen molar-refractivity contribution in [1.82, 2.24) is 15.1 Å². The second kappa shape index (κ2) is 10.9. The van der Waals surface area contributed by atoms with Gasteiger partial charge in [-0.25, -0.2) is 4.99 Å². The van der Waals surface area contributed by atoms with Crippen molar-refractivity contribution >= 4 is 17.6 Å². The molecule has 0 spiro atoms. The van der Waals surface area contributed by atoms with E-state index in [4.69, 9.17) is 14.5 Å². The molecule has 0 saturated heterocycles. The van der Waals surface area contributed by atoms with Gasteiger partial charge in [0.25, 0.3) is 5.91 Å². The fourth-order valence-corrected chi connectivity index (χ4v) is 3.88. The van der Waals surface area contributed by atoms with E-state index in [1.165, 1.54) is 7.11 Å². The average molecular weight is 464 g/mol. The molecule has 0 aliphatic heterocycles. The molecule has 0 radical (unpaired) electrons. The SMILES string of the molecule is CCn1nc(C)c(CN=C(NC(=O)c2ccc(OC)c(OC)c2)Nc2cc(C)cc(C)c2)c1C. The number of nitrogens with one attached hydrogen (secondary N) is 2. The summed E-state index contributed by atoms with van der Waals surface area (Å²) in [5, 5.41) is 10.8. The maximum atomic E-state index is 13.1. The average Bonchev–Trinajstić information content (AvgIpc) is 3.08. The first-order chi connectivity index (χ1) is 16.2. The third-order valence-corrected chi connectivity index (χ3v) is 5.59. The van der Waals surface area contributed by atoms with Crippen LogP contribution in [0.4, 0.5) is 5.69 Å². The largest absolute Gasteiger partial charge is 0.493 e. The topological polar surface area (TPSA) is 89.8 Å². The zero-order valence-electron chi connectivity index (χ0n) is 20.9. The summed E-state index contributed by atoms with van der Waals surface area (Å²) >= 11 is 0. The van der Waals surface area contributed by atoms with Gasteiger partial charge in [-0.2, -0.15) is 5.10 Å². The molecule has 0 atom stereocenters. The molecule has 34 heavy (non-hydrogen) atoms. The van der Waals surface area contributed by atoms with Crippen molar-refractivity contribution in [2.75, 3.05) is 19.5 Å². The number of benzene rings is 2. The number of hydrogen-bond acceptors (Lipinski definition) is 5. The Morgan fingerprint density at radius 1 is 1.00 bits per heavy atom. The predicted octanol–water partition coefficient (Wildman–Crippen LogP) is 4.55. The van der Waals surface area contributed by atoms with E-state index in [1.807, 2.05) is 44.5 Å². The van der Waals surface area contributed by atoms with E-state index >= 15 is 0 Å². The van der Waals surface area contributed by atoms with Gasteiger partial charge in [-0.05, 0) is 76.1 Å². The number of guanidine groups is 1. The summed E-state index contributed by atoms with van der Waals surface area (Å²) < 4.78 is 12.6. The molecule has 0 saturated carbocycles. The molecule has 3 rings (SSSR count). The smallest absolute Gasteiger partial charge is 0.258 e. The first-order valence-corrected chi connectivity index (χ1v) is 11.2. The van der Waals surface area contributed by atoms with Crippen LogP contribution in [0.3, 0.4) is 0 Å². The molecule has 0 unspecified atom stereocenters. The van der Waals surface area contributed by atoms with Crippen molar-refractivity contribution in [3.05, 3.63) is 70.0 Å². The minimum atomic E-state index is -0.311. The third-order valence-electron chi connectivity index (χ3n) is 5.59. The highest BCUT2D eigenvalue weighted by Crippen LogP contribution is 2.27. The summed E-state index contributed by atoms with van der Waals surface area (Å²) in [4.78, 5) is 17.8. The number of ether oxygens (including phenoxy) is 2. The fraction of sp³-hybridized carbons (Fsp3) is 0.346. The molecule has 180 valence electrons. The Morgan fingerprint density at radius 3 is 2.26 bits per heavy atom. The van der Waals surface area contributed by atoms with Crippen molar-refractivity contribution in [3.8, 4) is 11.5 Å². The number of carbonyl (C=O) groups excluding carboxylic acids is 1. The van der Waals surface area contributed by atoms with Gasteiger partial charge < -0.3 is 14.8 Å². The normalized spacial score (nSPS) is 11.3. The van der Waals surface area contributed by atoms with E-state index in [2.05, 4.69) is 28.7 Å². The van der Waals surface area contributed by atoms with E-state index in [9.17, 15) is 4.79 Å². The van der Waals surface area contributed by atoms with Gasteiger partial charge in [-0.3, -0.25) is 14.8 Å². The van der Waals surface area contributed by atoms with Crippen LogP contribution in [0.5, 0.6) is 11.5 Å². The summed E-state index contributed by atoms with van der Waals surface area (Å²) in [5.74, 6) is 1.08. The molecule has 0 aliphatic rings. The van der Waals surface area contributed by atoms with Gasteiger partial charge in [-0.15, -0.1) is 0 Å². The van der Waals surface area contributed by atoms with Crippen molar-refractivity contribution in [2.24, 2.45) is 4.99 Å². The van der Waals surface area contributed by atoms with E-state index in [0.717, 1.165) is 40.3 Å². The Bertz CT molecular complexity index is 1190. The van der Waals surface area contributed by atoms with Crippen LogP contribution in [-0.4, -0.2) is 35.9 Å². The standard InChI is InChI=1S/C26H33N5O3/c1-8-31-19(5)22(18(4)30-31)15-27-26(28-21-12-16(2)11-17(3)13-21)29-25(32)20-9-10-23(33-6)24(14-20)34-7/h9-14H,8,15H2,1-7H3,(H2,27,28,29,32). The summed E-state index contributed by atoms with van der Waals surface area (Å²) in [6.07, 6.45) is 0. The Labute approximate surface area is 201 Å². The molecular formula is C26H33N5O3. The lowest BCUT2D eigenvalue weighted by molar-refractivity contribution is 0.0976. The van der Waals surface area contributed by atoms with E-state index < -0.39 is 0 Å². The molecule has 0 fully saturated rings. The Hall–Kier alpha value is -3.81. The number of amides is 1. The van der Waals surface area contributed by atoms with Crippen LogP contribution in [0.1, 0.15) is 45.4 Å². The number of aryl methyl sites for hydroxylation is 4. The summed E-state index contributed by atoms with van der Waals surface area (Å²) in [5.41, 5.74) is 6.55. The lowest BCUT2D eigenvalue weighted by Crippen LogP contribution is -2.36. The van der Waals surface area contributed by atoms with Crippen LogP contribution in [0.15, 0.2) is 41.4 Å².